The number of carbonyl (C=O) groups is 1. The lowest BCUT2D eigenvalue weighted by atomic mass is 10.1. The number of rotatable bonds is 4. The molecular formula is C17H17FN2O4S. The van der Waals surface area contributed by atoms with Gasteiger partial charge in [0, 0.05) is 12.7 Å². The van der Waals surface area contributed by atoms with E-state index in [0.717, 1.165) is 0 Å². The predicted octanol–water partition coefficient (Wildman–Crippen LogP) is 2.23. The zero-order valence-electron chi connectivity index (χ0n) is 13.5. The summed E-state index contributed by atoms with van der Waals surface area (Å²) in [6, 6.07) is 9.82. The van der Waals surface area contributed by atoms with E-state index in [0.29, 0.717) is 30.0 Å². The second-order valence-corrected chi connectivity index (χ2v) is 7.50. The van der Waals surface area contributed by atoms with Crippen molar-refractivity contribution in [1.82, 2.24) is 4.90 Å². The molecule has 0 aromatic heterocycles. The number of ether oxygens (including phenoxy) is 1. The summed E-state index contributed by atoms with van der Waals surface area (Å²) in [7, 11) is -2.05. The summed E-state index contributed by atoms with van der Waals surface area (Å²) in [5.74, 6) is -0.528. The van der Waals surface area contributed by atoms with Gasteiger partial charge in [0.25, 0.3) is 5.91 Å². The molecule has 0 fully saturated rings. The maximum absolute atomic E-state index is 12.9. The minimum atomic E-state index is -3.71. The van der Waals surface area contributed by atoms with Crippen molar-refractivity contribution in [1.29, 1.82) is 0 Å². The first-order valence-corrected chi connectivity index (χ1v) is 9.26. The summed E-state index contributed by atoms with van der Waals surface area (Å²) in [6.45, 7) is 0.837. The molecule has 0 radical (unpaired) electrons. The van der Waals surface area contributed by atoms with Gasteiger partial charge in [0.2, 0.25) is 10.0 Å². The van der Waals surface area contributed by atoms with Crippen LogP contribution in [0.25, 0.3) is 0 Å². The summed E-state index contributed by atoms with van der Waals surface area (Å²) < 4.78 is 45.5. The Morgan fingerprint density at radius 3 is 2.64 bits per heavy atom. The number of fused-ring (bicyclic) bond motifs is 1. The van der Waals surface area contributed by atoms with Crippen LogP contribution in [0, 0.1) is 5.82 Å². The molecule has 1 heterocycles. The fraction of sp³-hybridized carbons (Fsp3) is 0.235. The maximum Gasteiger partial charge on any atom is 0.257 e. The summed E-state index contributed by atoms with van der Waals surface area (Å²) in [5, 5.41) is 0. The van der Waals surface area contributed by atoms with Crippen LogP contribution in [-0.2, 0) is 15.8 Å². The lowest BCUT2D eigenvalue weighted by Crippen LogP contribution is -2.27. The molecule has 0 atom stereocenters. The molecule has 3 rings (SSSR count). The lowest BCUT2D eigenvalue weighted by Gasteiger charge is -2.13. The third-order valence-electron chi connectivity index (χ3n) is 3.78. The van der Waals surface area contributed by atoms with Gasteiger partial charge in [-0.3, -0.25) is 9.52 Å². The molecule has 2 aromatic rings. The molecule has 0 spiro atoms. The molecule has 132 valence electrons. The average Bonchev–Trinajstić information content (AvgIpc) is 2.69. The Morgan fingerprint density at radius 1 is 1.20 bits per heavy atom. The van der Waals surface area contributed by atoms with Crippen LogP contribution in [0.3, 0.4) is 0 Å². The summed E-state index contributed by atoms with van der Waals surface area (Å²) >= 11 is 0. The first kappa shape index (κ1) is 17.2. The van der Waals surface area contributed by atoms with Crippen LogP contribution < -0.4 is 9.46 Å². The molecule has 6 nitrogen and oxygen atoms in total. The first-order valence-electron chi connectivity index (χ1n) is 7.61. The molecule has 0 unspecified atom stereocenters. The Hall–Kier alpha value is -2.61. The van der Waals surface area contributed by atoms with E-state index < -0.39 is 15.8 Å². The second kappa shape index (κ2) is 6.72. The molecule has 1 aliphatic rings. The van der Waals surface area contributed by atoms with Gasteiger partial charge in [-0.2, -0.15) is 0 Å². The van der Waals surface area contributed by atoms with Gasteiger partial charge in [0.15, 0.2) is 0 Å². The van der Waals surface area contributed by atoms with Crippen LogP contribution in [-0.4, -0.2) is 39.4 Å². The van der Waals surface area contributed by atoms with Crippen molar-refractivity contribution in [2.45, 2.75) is 5.75 Å². The largest absolute Gasteiger partial charge is 0.491 e. The molecule has 1 aliphatic heterocycles. The normalized spacial score (nSPS) is 14.5. The van der Waals surface area contributed by atoms with Gasteiger partial charge in [0.1, 0.15) is 18.2 Å². The number of hydrogen-bond acceptors (Lipinski definition) is 4. The topological polar surface area (TPSA) is 75.7 Å². The van der Waals surface area contributed by atoms with Crippen molar-refractivity contribution in [3.8, 4) is 5.75 Å². The predicted molar refractivity (Wildman–Crippen MR) is 91.5 cm³/mol. The van der Waals surface area contributed by atoms with E-state index in [-0.39, 0.29) is 17.3 Å². The van der Waals surface area contributed by atoms with Gasteiger partial charge in [-0.25, -0.2) is 12.8 Å². The fourth-order valence-electron chi connectivity index (χ4n) is 2.50. The van der Waals surface area contributed by atoms with E-state index in [9.17, 15) is 17.6 Å². The number of amides is 1. The zero-order valence-corrected chi connectivity index (χ0v) is 14.3. The molecule has 0 saturated heterocycles. The summed E-state index contributed by atoms with van der Waals surface area (Å²) in [4.78, 5) is 13.8. The number of likely N-dealkylation sites (N-methyl/N-ethyl adjacent to an activating group) is 1. The lowest BCUT2D eigenvalue weighted by molar-refractivity contribution is 0.0796. The molecule has 0 saturated carbocycles. The number of benzene rings is 2. The molecule has 0 bridgehead atoms. The van der Waals surface area contributed by atoms with E-state index in [1.165, 1.54) is 35.2 Å². The molecule has 2 aromatic carbocycles. The highest BCUT2D eigenvalue weighted by Gasteiger charge is 2.22. The Morgan fingerprint density at radius 2 is 1.92 bits per heavy atom. The Kier molecular flexibility index (Phi) is 4.63. The zero-order chi connectivity index (χ0) is 18.0. The number of nitrogens with zero attached hydrogens (tertiary/aromatic N) is 1. The van der Waals surface area contributed by atoms with Crippen LogP contribution in [0.15, 0.2) is 42.5 Å². The number of hydrogen-bond donors (Lipinski definition) is 1. The van der Waals surface area contributed by atoms with Crippen LogP contribution in [0.4, 0.5) is 10.1 Å². The Balaban J connectivity index is 1.81. The van der Waals surface area contributed by atoms with Crippen LogP contribution >= 0.6 is 0 Å². The number of nitrogens with one attached hydrogen (secondary N) is 1. The van der Waals surface area contributed by atoms with Crippen molar-refractivity contribution in [3.63, 3.8) is 0 Å². The molecular weight excluding hydrogens is 347 g/mol. The van der Waals surface area contributed by atoms with Gasteiger partial charge < -0.3 is 9.64 Å². The molecule has 1 amide bonds. The van der Waals surface area contributed by atoms with E-state index in [1.54, 1.807) is 19.2 Å². The number of carbonyl (C=O) groups excluding carboxylic acids is 1. The molecule has 25 heavy (non-hydrogen) atoms. The third-order valence-corrected chi connectivity index (χ3v) is 5.04. The summed E-state index contributed by atoms with van der Waals surface area (Å²) in [6.07, 6.45) is 0. The highest BCUT2D eigenvalue weighted by Crippen LogP contribution is 2.27. The van der Waals surface area contributed by atoms with Gasteiger partial charge in [-0.05, 0) is 35.9 Å². The quantitative estimate of drug-likeness (QED) is 0.903. The third kappa shape index (κ3) is 4.08. The Bertz CT molecular complexity index is 897. The van der Waals surface area contributed by atoms with Crippen molar-refractivity contribution in [3.05, 3.63) is 59.4 Å². The van der Waals surface area contributed by atoms with Crippen LogP contribution in [0.2, 0.25) is 0 Å². The second-order valence-electron chi connectivity index (χ2n) is 5.77. The van der Waals surface area contributed by atoms with Gasteiger partial charge in [0.05, 0.1) is 17.9 Å². The van der Waals surface area contributed by atoms with Crippen molar-refractivity contribution < 1.29 is 22.3 Å². The van der Waals surface area contributed by atoms with E-state index >= 15 is 0 Å². The van der Waals surface area contributed by atoms with Crippen LogP contribution in [0.1, 0.15) is 15.9 Å². The minimum absolute atomic E-state index is 0.230. The Labute approximate surface area is 145 Å². The fourth-order valence-corrected chi connectivity index (χ4v) is 3.69. The minimum Gasteiger partial charge on any atom is -0.491 e. The van der Waals surface area contributed by atoms with Gasteiger partial charge in [-0.1, -0.05) is 12.1 Å². The summed E-state index contributed by atoms with van der Waals surface area (Å²) in [5.41, 5.74) is 1.04. The van der Waals surface area contributed by atoms with Gasteiger partial charge >= 0.3 is 0 Å². The SMILES string of the molecule is CN1CCOc2ccc(NS(=O)(=O)Cc3ccc(F)cc3)cc2C1=O. The standard InChI is InChI=1S/C17H17FN2O4S/c1-20-8-9-24-16-7-6-14(10-15(16)17(20)21)19-25(22,23)11-12-2-4-13(18)5-3-12/h2-7,10,19H,8-9,11H2,1H3. The average molecular weight is 364 g/mol. The van der Waals surface area contributed by atoms with Gasteiger partial charge in [-0.15, -0.1) is 0 Å². The van der Waals surface area contributed by atoms with Crippen molar-refractivity contribution in [2.24, 2.45) is 0 Å². The van der Waals surface area contributed by atoms with Crippen LogP contribution in [0.5, 0.6) is 5.75 Å². The first-order chi connectivity index (χ1) is 11.8. The number of sulfonamides is 1. The van der Waals surface area contributed by atoms with E-state index in [4.69, 9.17) is 4.74 Å². The molecule has 1 N–H and O–H groups in total. The maximum atomic E-state index is 12.9. The highest BCUT2D eigenvalue weighted by molar-refractivity contribution is 7.91. The molecule has 0 aliphatic carbocycles. The molecule has 8 heteroatoms. The number of halogens is 1. The number of anilines is 1. The van der Waals surface area contributed by atoms with E-state index in [1.807, 2.05) is 0 Å². The highest BCUT2D eigenvalue weighted by atomic mass is 32.2. The van der Waals surface area contributed by atoms with E-state index in [2.05, 4.69) is 4.72 Å². The monoisotopic (exact) mass is 364 g/mol. The smallest absolute Gasteiger partial charge is 0.257 e. The van der Waals surface area contributed by atoms with Crippen molar-refractivity contribution >= 4 is 21.6 Å². The van der Waals surface area contributed by atoms with Crippen molar-refractivity contribution in [2.75, 3.05) is 24.9 Å².